The number of hydrogen-bond acceptors (Lipinski definition) is 4. The number of carbonyl (C=O) groups is 2. The number of aromatic amines is 1. The van der Waals surface area contributed by atoms with Gasteiger partial charge in [0.1, 0.15) is 0 Å². The Kier molecular flexibility index (Phi) is 4.25. The molecular weight excluding hydrogens is 374 g/mol. The Morgan fingerprint density at radius 2 is 2.00 bits per heavy atom. The Morgan fingerprint density at radius 1 is 1.33 bits per heavy atom. The third-order valence-corrected chi connectivity index (χ3v) is 5.44. The summed E-state index contributed by atoms with van der Waals surface area (Å²) < 4.78 is 10.8. The minimum atomic E-state index is -1.35. The number of carbonyl (C=O) groups excluding carboxylic acids is 2. The van der Waals surface area contributed by atoms with Gasteiger partial charge in [-0.25, -0.2) is 0 Å². The molecule has 0 aliphatic heterocycles. The van der Waals surface area contributed by atoms with E-state index < -0.39 is 17.4 Å². The number of hydrogen-bond donors (Lipinski definition) is 1. The number of nitrogens with one attached hydrogen (secondary N) is 1. The largest absolute Gasteiger partial charge is 0.468 e. The van der Waals surface area contributed by atoms with Gasteiger partial charge in [0.25, 0.3) is 0 Å². The number of H-pyrrole nitrogens is 1. The zero-order chi connectivity index (χ0) is 17.5. The molecule has 1 aliphatic carbocycles. The normalized spacial score (nSPS) is 18.7. The predicted molar refractivity (Wildman–Crippen MR) is 93.7 cm³/mol. The lowest BCUT2D eigenvalue weighted by molar-refractivity contribution is -0.170. The van der Waals surface area contributed by atoms with Crippen LogP contribution in [-0.4, -0.2) is 31.1 Å². The van der Waals surface area contributed by atoms with Gasteiger partial charge in [-0.2, -0.15) is 0 Å². The molecule has 24 heavy (non-hydrogen) atoms. The Morgan fingerprint density at radius 3 is 2.58 bits per heavy atom. The lowest BCUT2D eigenvalue weighted by Crippen LogP contribution is -2.46. The highest BCUT2D eigenvalue weighted by Gasteiger charge is 2.53. The highest BCUT2D eigenvalue weighted by molar-refractivity contribution is 9.10. The van der Waals surface area contributed by atoms with E-state index in [4.69, 9.17) is 9.47 Å². The second-order valence-electron chi connectivity index (χ2n) is 5.97. The molecule has 0 spiro atoms. The average molecular weight is 392 g/mol. The molecule has 0 saturated heterocycles. The van der Waals surface area contributed by atoms with Gasteiger partial charge in [0.2, 0.25) is 0 Å². The molecule has 1 N–H and O–H groups in total. The molecule has 3 rings (SSSR count). The summed E-state index contributed by atoms with van der Waals surface area (Å²) in [5.74, 6) is -1.32. The van der Waals surface area contributed by atoms with Crippen LogP contribution in [0.2, 0.25) is 0 Å². The van der Waals surface area contributed by atoms with Crippen LogP contribution in [0.15, 0.2) is 35.3 Å². The van der Waals surface area contributed by atoms with Gasteiger partial charge < -0.3 is 14.5 Å². The van der Waals surface area contributed by atoms with E-state index in [1.807, 2.05) is 18.2 Å². The molecule has 2 aromatic rings. The summed E-state index contributed by atoms with van der Waals surface area (Å²) >= 11 is 3.54. The van der Waals surface area contributed by atoms with Crippen molar-refractivity contribution in [2.24, 2.45) is 5.41 Å². The predicted octanol–water partition coefficient (Wildman–Crippen LogP) is 3.48. The molecule has 1 aliphatic rings. The first-order valence-electron chi connectivity index (χ1n) is 7.57. The quantitative estimate of drug-likeness (QED) is 0.494. The zero-order valence-corrected chi connectivity index (χ0v) is 15.1. The van der Waals surface area contributed by atoms with Crippen molar-refractivity contribution in [1.29, 1.82) is 0 Å². The summed E-state index contributed by atoms with van der Waals surface area (Å²) in [6.07, 6.45) is 2.26. The smallest absolute Gasteiger partial charge is 0.323 e. The van der Waals surface area contributed by atoms with Gasteiger partial charge in [-0.1, -0.05) is 18.2 Å². The third-order valence-electron chi connectivity index (χ3n) is 4.78. The van der Waals surface area contributed by atoms with Gasteiger partial charge >= 0.3 is 11.9 Å². The SMILES string of the molecule is C=C[C@H]1CC(C(=O)OC)(C(=O)OC)Cc2c1[nH]c1c(Br)cccc21. The molecule has 0 unspecified atom stereocenters. The Balaban J connectivity index is 2.26. The van der Waals surface area contributed by atoms with Crippen LogP contribution >= 0.6 is 15.9 Å². The standard InChI is InChI=1S/C18H18BrNO4/c1-4-10-8-18(16(21)23-2,17(22)24-3)9-12-11-6-5-7-13(19)15(11)20-14(10)12/h4-7,10,20H,1,8-9H2,2-3H3/t10-/m0/s1. The van der Waals surface area contributed by atoms with Crippen LogP contribution in [0.1, 0.15) is 23.6 Å². The third kappa shape index (κ3) is 2.28. The summed E-state index contributed by atoms with van der Waals surface area (Å²) in [5, 5.41) is 0.975. The van der Waals surface area contributed by atoms with Crippen molar-refractivity contribution in [1.82, 2.24) is 4.98 Å². The number of benzene rings is 1. The van der Waals surface area contributed by atoms with Crippen LogP contribution in [0.25, 0.3) is 10.9 Å². The number of para-hydroxylation sites is 1. The van der Waals surface area contributed by atoms with E-state index in [1.165, 1.54) is 14.2 Å². The molecule has 1 atom stereocenters. The zero-order valence-electron chi connectivity index (χ0n) is 13.5. The van der Waals surface area contributed by atoms with E-state index in [0.717, 1.165) is 26.6 Å². The van der Waals surface area contributed by atoms with Crippen LogP contribution in [-0.2, 0) is 25.5 Å². The van der Waals surface area contributed by atoms with Crippen molar-refractivity contribution >= 4 is 38.8 Å². The van der Waals surface area contributed by atoms with E-state index in [0.29, 0.717) is 0 Å². The highest BCUT2D eigenvalue weighted by atomic mass is 79.9. The van der Waals surface area contributed by atoms with Crippen molar-refractivity contribution in [3.8, 4) is 0 Å². The van der Waals surface area contributed by atoms with Gasteiger partial charge in [0.05, 0.1) is 19.7 Å². The molecule has 0 fully saturated rings. The number of allylic oxidation sites excluding steroid dienone is 1. The van der Waals surface area contributed by atoms with Gasteiger partial charge in [-0.3, -0.25) is 9.59 Å². The Labute approximate surface area is 148 Å². The lowest BCUT2D eigenvalue weighted by Gasteiger charge is -2.35. The van der Waals surface area contributed by atoms with E-state index in [-0.39, 0.29) is 18.8 Å². The molecule has 126 valence electrons. The molecule has 6 heteroatoms. The summed E-state index contributed by atoms with van der Waals surface area (Å²) in [5.41, 5.74) is 1.50. The van der Waals surface area contributed by atoms with Gasteiger partial charge in [0.15, 0.2) is 5.41 Å². The number of methoxy groups -OCH3 is 2. The molecule has 0 radical (unpaired) electrons. The fraction of sp³-hybridized carbons (Fsp3) is 0.333. The second kappa shape index (κ2) is 6.09. The van der Waals surface area contributed by atoms with Crippen LogP contribution in [0.5, 0.6) is 0 Å². The molecule has 0 bridgehead atoms. The van der Waals surface area contributed by atoms with Gasteiger partial charge in [0, 0.05) is 27.9 Å². The van der Waals surface area contributed by atoms with Gasteiger partial charge in [-0.15, -0.1) is 6.58 Å². The van der Waals surface area contributed by atoms with E-state index in [1.54, 1.807) is 6.08 Å². The average Bonchev–Trinajstić information content (AvgIpc) is 2.99. The summed E-state index contributed by atoms with van der Waals surface area (Å²) in [4.78, 5) is 28.4. The first kappa shape index (κ1) is 16.8. The first-order chi connectivity index (χ1) is 11.5. The number of fused-ring (bicyclic) bond motifs is 3. The number of rotatable bonds is 3. The molecule has 0 saturated carbocycles. The number of esters is 2. The fourth-order valence-corrected chi connectivity index (χ4v) is 4.07. The van der Waals surface area contributed by atoms with Crippen molar-refractivity contribution in [2.75, 3.05) is 14.2 Å². The molecule has 5 nitrogen and oxygen atoms in total. The van der Waals surface area contributed by atoms with Crippen molar-refractivity contribution in [3.63, 3.8) is 0 Å². The van der Waals surface area contributed by atoms with Crippen molar-refractivity contribution in [3.05, 3.63) is 46.6 Å². The van der Waals surface area contributed by atoms with Crippen LogP contribution in [0, 0.1) is 5.41 Å². The number of ether oxygens (including phenoxy) is 2. The van der Waals surface area contributed by atoms with E-state index in [9.17, 15) is 9.59 Å². The number of aromatic nitrogens is 1. The fourth-order valence-electron chi connectivity index (χ4n) is 3.60. The molecular formula is C18H18BrNO4. The lowest BCUT2D eigenvalue weighted by atomic mass is 9.68. The maximum Gasteiger partial charge on any atom is 0.323 e. The molecule has 1 aromatic heterocycles. The van der Waals surface area contributed by atoms with E-state index >= 15 is 0 Å². The highest BCUT2D eigenvalue weighted by Crippen LogP contribution is 2.47. The molecule has 1 aromatic carbocycles. The maximum absolute atomic E-state index is 12.5. The van der Waals surface area contributed by atoms with Crippen molar-refractivity contribution in [2.45, 2.75) is 18.8 Å². The summed E-state index contributed by atoms with van der Waals surface area (Å²) in [7, 11) is 2.58. The summed E-state index contributed by atoms with van der Waals surface area (Å²) in [6, 6.07) is 5.84. The second-order valence-corrected chi connectivity index (χ2v) is 6.82. The molecule has 1 heterocycles. The molecule has 0 amide bonds. The minimum Gasteiger partial charge on any atom is -0.468 e. The monoisotopic (exact) mass is 391 g/mol. The Bertz CT molecular complexity index is 823. The summed E-state index contributed by atoms with van der Waals surface area (Å²) in [6.45, 7) is 3.88. The topological polar surface area (TPSA) is 68.4 Å². The maximum atomic E-state index is 12.5. The Hall–Kier alpha value is -2.08. The van der Waals surface area contributed by atoms with Crippen LogP contribution in [0.3, 0.4) is 0 Å². The first-order valence-corrected chi connectivity index (χ1v) is 8.36. The van der Waals surface area contributed by atoms with Gasteiger partial charge in [-0.05, 0) is 34.0 Å². The number of halogens is 1. The van der Waals surface area contributed by atoms with Crippen molar-refractivity contribution < 1.29 is 19.1 Å². The minimum absolute atomic E-state index is 0.175. The van der Waals surface area contributed by atoms with E-state index in [2.05, 4.69) is 27.5 Å². The van der Waals surface area contributed by atoms with Crippen LogP contribution in [0.4, 0.5) is 0 Å². The van der Waals surface area contributed by atoms with Crippen LogP contribution < -0.4 is 0 Å².